The molecule has 5 heteroatoms. The number of methoxy groups -OCH3 is 1. The summed E-state index contributed by atoms with van der Waals surface area (Å²) in [7, 11) is 1.48. The first kappa shape index (κ1) is 12.3. The molecule has 1 heterocycles. The van der Waals surface area contributed by atoms with Gasteiger partial charge in [-0.1, -0.05) is 0 Å². The first-order valence-electron chi connectivity index (χ1n) is 5.54. The second-order valence-electron chi connectivity index (χ2n) is 3.50. The van der Waals surface area contributed by atoms with Crippen LogP contribution >= 0.6 is 0 Å². The molecule has 0 saturated carbocycles. The molecule has 0 atom stereocenters. The van der Waals surface area contributed by atoms with Crippen molar-refractivity contribution in [2.45, 2.75) is 6.92 Å². The Labute approximate surface area is 104 Å². The molecule has 0 N–H and O–H groups in total. The van der Waals surface area contributed by atoms with E-state index in [1.165, 1.54) is 19.2 Å². The summed E-state index contributed by atoms with van der Waals surface area (Å²) in [5.41, 5.74) is 0.625. The largest absolute Gasteiger partial charge is 0.496 e. The number of benzene rings is 1. The van der Waals surface area contributed by atoms with Gasteiger partial charge in [-0.05, 0) is 19.1 Å². The Morgan fingerprint density at radius 3 is 2.83 bits per heavy atom. The fourth-order valence-electron chi connectivity index (χ4n) is 1.55. The Hall–Kier alpha value is -2.17. The van der Waals surface area contributed by atoms with Gasteiger partial charge in [0.05, 0.1) is 19.3 Å². The predicted molar refractivity (Wildman–Crippen MR) is 65.1 cm³/mol. The van der Waals surface area contributed by atoms with Gasteiger partial charge in [0.2, 0.25) is 5.88 Å². The quantitative estimate of drug-likeness (QED) is 0.834. The Morgan fingerprint density at radius 2 is 2.11 bits per heavy atom. The van der Waals surface area contributed by atoms with E-state index in [2.05, 4.69) is 9.97 Å². The number of hydrogen-bond acceptors (Lipinski definition) is 4. The van der Waals surface area contributed by atoms with E-state index in [0.717, 1.165) is 0 Å². The van der Waals surface area contributed by atoms with Crippen molar-refractivity contribution >= 4 is 0 Å². The van der Waals surface area contributed by atoms with Crippen molar-refractivity contribution in [1.29, 1.82) is 0 Å². The van der Waals surface area contributed by atoms with Crippen LogP contribution in [0.25, 0.3) is 11.4 Å². The molecule has 2 rings (SSSR count). The van der Waals surface area contributed by atoms with E-state index in [4.69, 9.17) is 9.47 Å². The molecule has 1 aromatic carbocycles. The number of ether oxygens (including phenoxy) is 2. The molecule has 0 fully saturated rings. The minimum atomic E-state index is -0.364. The number of hydrogen-bond donors (Lipinski definition) is 0. The average molecular weight is 248 g/mol. The van der Waals surface area contributed by atoms with E-state index >= 15 is 0 Å². The molecular formula is C13H13FN2O2. The van der Waals surface area contributed by atoms with E-state index in [1.54, 1.807) is 18.3 Å². The molecule has 18 heavy (non-hydrogen) atoms. The fourth-order valence-corrected chi connectivity index (χ4v) is 1.55. The fraction of sp³-hybridized carbons (Fsp3) is 0.231. The summed E-state index contributed by atoms with van der Waals surface area (Å²) >= 11 is 0. The van der Waals surface area contributed by atoms with Crippen LogP contribution in [0.3, 0.4) is 0 Å². The Kier molecular flexibility index (Phi) is 3.72. The lowest BCUT2D eigenvalue weighted by Gasteiger charge is -2.08. The highest BCUT2D eigenvalue weighted by atomic mass is 19.1. The van der Waals surface area contributed by atoms with Crippen molar-refractivity contribution < 1.29 is 13.9 Å². The lowest BCUT2D eigenvalue weighted by Crippen LogP contribution is -1.98. The summed E-state index contributed by atoms with van der Waals surface area (Å²) in [5, 5.41) is 0. The van der Waals surface area contributed by atoms with E-state index in [9.17, 15) is 4.39 Å². The molecule has 0 aliphatic carbocycles. The normalized spacial score (nSPS) is 10.2. The average Bonchev–Trinajstić information content (AvgIpc) is 2.39. The van der Waals surface area contributed by atoms with Crippen LogP contribution in [0.1, 0.15) is 6.92 Å². The maximum atomic E-state index is 13.1. The second kappa shape index (κ2) is 5.44. The minimum absolute atomic E-state index is 0.364. The van der Waals surface area contributed by atoms with E-state index in [1.807, 2.05) is 6.92 Å². The van der Waals surface area contributed by atoms with Gasteiger partial charge in [0.15, 0.2) is 5.82 Å². The van der Waals surface area contributed by atoms with Gasteiger partial charge in [-0.2, -0.15) is 4.98 Å². The molecule has 0 unspecified atom stereocenters. The molecule has 0 aliphatic rings. The molecule has 4 nitrogen and oxygen atoms in total. The highest BCUT2D eigenvalue weighted by molar-refractivity contribution is 5.64. The predicted octanol–water partition coefficient (Wildman–Crippen LogP) is 2.69. The zero-order valence-electron chi connectivity index (χ0n) is 10.2. The highest BCUT2D eigenvalue weighted by Crippen LogP contribution is 2.28. The first-order chi connectivity index (χ1) is 8.74. The van der Waals surface area contributed by atoms with Crippen LogP contribution in [-0.2, 0) is 0 Å². The first-order valence-corrected chi connectivity index (χ1v) is 5.54. The smallest absolute Gasteiger partial charge is 0.216 e. The topological polar surface area (TPSA) is 44.2 Å². The van der Waals surface area contributed by atoms with E-state index in [0.29, 0.717) is 29.6 Å². The van der Waals surface area contributed by atoms with Gasteiger partial charge in [-0.3, -0.25) is 0 Å². The molecule has 0 spiro atoms. The van der Waals surface area contributed by atoms with Crippen LogP contribution in [0.2, 0.25) is 0 Å². The summed E-state index contributed by atoms with van der Waals surface area (Å²) in [4.78, 5) is 8.37. The molecule has 0 saturated heterocycles. The number of rotatable bonds is 4. The lowest BCUT2D eigenvalue weighted by molar-refractivity contribution is 0.326. The van der Waals surface area contributed by atoms with Crippen molar-refractivity contribution in [1.82, 2.24) is 9.97 Å². The number of aromatic nitrogens is 2. The van der Waals surface area contributed by atoms with Gasteiger partial charge >= 0.3 is 0 Å². The molecule has 0 bridgehead atoms. The van der Waals surface area contributed by atoms with Gasteiger partial charge < -0.3 is 9.47 Å². The standard InChI is InChI=1S/C13H13FN2O2/c1-3-18-12-6-7-15-13(16-12)10-5-4-9(14)8-11(10)17-2/h4-8H,3H2,1-2H3. The zero-order valence-corrected chi connectivity index (χ0v) is 10.2. The van der Waals surface area contributed by atoms with Crippen LogP contribution in [-0.4, -0.2) is 23.7 Å². The van der Waals surface area contributed by atoms with Gasteiger partial charge in [0, 0.05) is 18.3 Å². The summed E-state index contributed by atoms with van der Waals surface area (Å²) in [6.07, 6.45) is 1.59. The molecule has 94 valence electrons. The van der Waals surface area contributed by atoms with Gasteiger partial charge in [-0.25, -0.2) is 9.37 Å². The molecule has 2 aromatic rings. The van der Waals surface area contributed by atoms with Crippen LogP contribution in [0, 0.1) is 5.82 Å². The van der Waals surface area contributed by atoms with Crippen molar-refractivity contribution in [2.75, 3.05) is 13.7 Å². The van der Waals surface area contributed by atoms with Crippen LogP contribution < -0.4 is 9.47 Å². The third-order valence-corrected chi connectivity index (χ3v) is 2.33. The van der Waals surface area contributed by atoms with Crippen molar-refractivity contribution in [2.24, 2.45) is 0 Å². The van der Waals surface area contributed by atoms with Crippen LogP contribution in [0.15, 0.2) is 30.5 Å². The van der Waals surface area contributed by atoms with Gasteiger partial charge in [-0.15, -0.1) is 0 Å². The van der Waals surface area contributed by atoms with Crippen LogP contribution in [0.4, 0.5) is 4.39 Å². The maximum absolute atomic E-state index is 13.1. The van der Waals surface area contributed by atoms with Crippen molar-refractivity contribution in [3.63, 3.8) is 0 Å². The third-order valence-electron chi connectivity index (χ3n) is 2.33. The molecular weight excluding hydrogens is 235 g/mol. The zero-order chi connectivity index (χ0) is 13.0. The lowest BCUT2D eigenvalue weighted by atomic mass is 10.2. The molecule has 1 aromatic heterocycles. The third kappa shape index (κ3) is 2.56. The summed E-state index contributed by atoms with van der Waals surface area (Å²) < 4.78 is 23.5. The monoisotopic (exact) mass is 248 g/mol. The second-order valence-corrected chi connectivity index (χ2v) is 3.50. The maximum Gasteiger partial charge on any atom is 0.216 e. The molecule has 0 aliphatic heterocycles. The van der Waals surface area contributed by atoms with Crippen molar-refractivity contribution in [3.05, 3.63) is 36.3 Å². The van der Waals surface area contributed by atoms with Gasteiger partial charge in [0.25, 0.3) is 0 Å². The van der Waals surface area contributed by atoms with E-state index < -0.39 is 0 Å². The summed E-state index contributed by atoms with van der Waals surface area (Å²) in [6, 6.07) is 5.89. The highest BCUT2D eigenvalue weighted by Gasteiger charge is 2.10. The minimum Gasteiger partial charge on any atom is -0.496 e. The molecule has 0 amide bonds. The molecule has 0 radical (unpaired) electrons. The Balaban J connectivity index is 2.44. The summed E-state index contributed by atoms with van der Waals surface area (Å²) in [5.74, 6) is 0.951. The van der Waals surface area contributed by atoms with Crippen molar-refractivity contribution in [3.8, 4) is 23.0 Å². The number of nitrogens with zero attached hydrogens (tertiary/aromatic N) is 2. The Morgan fingerprint density at radius 1 is 1.28 bits per heavy atom. The van der Waals surface area contributed by atoms with Gasteiger partial charge in [0.1, 0.15) is 11.6 Å². The number of halogens is 1. The van der Waals surface area contributed by atoms with E-state index in [-0.39, 0.29) is 5.82 Å². The van der Waals surface area contributed by atoms with Crippen LogP contribution in [0.5, 0.6) is 11.6 Å². The SMILES string of the molecule is CCOc1ccnc(-c2ccc(F)cc2OC)n1. The summed E-state index contributed by atoms with van der Waals surface area (Å²) in [6.45, 7) is 2.40. The Bertz CT molecular complexity index is 546.